The molecule has 0 unspecified atom stereocenters. The van der Waals surface area contributed by atoms with Gasteiger partial charge < -0.3 is 14.3 Å². The van der Waals surface area contributed by atoms with E-state index in [1.807, 2.05) is 0 Å². The zero-order valence-electron chi connectivity index (χ0n) is 12.2. The van der Waals surface area contributed by atoms with Gasteiger partial charge in [-0.15, -0.1) is 0 Å². The van der Waals surface area contributed by atoms with Crippen molar-refractivity contribution in [2.45, 2.75) is 0 Å². The van der Waals surface area contributed by atoms with Crippen molar-refractivity contribution in [2.24, 2.45) is 0 Å². The lowest BCUT2D eigenvalue weighted by atomic mass is 10.2. The molecule has 0 saturated carbocycles. The lowest BCUT2D eigenvalue weighted by molar-refractivity contribution is 0.0230. The van der Waals surface area contributed by atoms with Gasteiger partial charge in [0.2, 0.25) is 0 Å². The van der Waals surface area contributed by atoms with Gasteiger partial charge in [-0.1, -0.05) is 0 Å². The second-order valence-corrected chi connectivity index (χ2v) is 4.28. The number of nitrogens with one attached hydrogen (secondary N) is 1. The van der Waals surface area contributed by atoms with E-state index in [2.05, 4.69) is 5.48 Å². The van der Waals surface area contributed by atoms with Crippen LogP contribution in [0, 0.1) is 0 Å². The second-order valence-electron chi connectivity index (χ2n) is 4.28. The maximum atomic E-state index is 11.8. The molecule has 0 saturated heterocycles. The fraction of sp³-hybridized carbons (Fsp3) is 0.125. The van der Waals surface area contributed by atoms with Crippen LogP contribution in [-0.4, -0.2) is 26.1 Å². The van der Waals surface area contributed by atoms with Crippen molar-refractivity contribution >= 4 is 11.9 Å². The summed E-state index contributed by atoms with van der Waals surface area (Å²) in [5.41, 5.74) is 2.75. The fourth-order valence-corrected chi connectivity index (χ4v) is 1.68. The average molecular weight is 301 g/mol. The van der Waals surface area contributed by atoms with Gasteiger partial charge in [-0.05, 0) is 48.5 Å². The van der Waals surface area contributed by atoms with Gasteiger partial charge >= 0.3 is 5.97 Å². The molecule has 2 aromatic rings. The number of methoxy groups -OCH3 is 2. The molecule has 22 heavy (non-hydrogen) atoms. The molecule has 0 aliphatic carbocycles. The Labute approximate surface area is 127 Å². The smallest absolute Gasteiger partial charge is 0.362 e. The summed E-state index contributed by atoms with van der Waals surface area (Å²) in [6.07, 6.45) is 0. The third kappa shape index (κ3) is 3.76. The van der Waals surface area contributed by atoms with Gasteiger partial charge in [-0.2, -0.15) is 5.48 Å². The molecule has 0 aliphatic rings. The van der Waals surface area contributed by atoms with Crippen LogP contribution in [0.4, 0.5) is 0 Å². The first-order chi connectivity index (χ1) is 10.6. The molecule has 1 N–H and O–H groups in total. The van der Waals surface area contributed by atoms with E-state index in [1.165, 1.54) is 14.2 Å². The highest BCUT2D eigenvalue weighted by molar-refractivity contribution is 5.96. The zero-order valence-corrected chi connectivity index (χ0v) is 12.2. The standard InChI is InChI=1S/C16H15NO5/c1-20-13-7-3-11(4-8-13)15(18)17-22-16(19)12-5-9-14(21-2)10-6-12/h3-10H,1-2H3,(H,17,18). The monoisotopic (exact) mass is 301 g/mol. The summed E-state index contributed by atoms with van der Waals surface area (Å²) in [5, 5.41) is 0. The maximum absolute atomic E-state index is 11.8. The number of ether oxygens (including phenoxy) is 2. The van der Waals surface area contributed by atoms with Gasteiger partial charge in [0.05, 0.1) is 19.8 Å². The minimum Gasteiger partial charge on any atom is -0.497 e. The van der Waals surface area contributed by atoms with E-state index >= 15 is 0 Å². The molecule has 6 heteroatoms. The minimum atomic E-state index is -0.662. The third-order valence-electron chi connectivity index (χ3n) is 2.91. The summed E-state index contributed by atoms with van der Waals surface area (Å²) >= 11 is 0. The number of hydroxylamine groups is 1. The molecule has 6 nitrogen and oxygen atoms in total. The predicted molar refractivity (Wildman–Crippen MR) is 78.9 cm³/mol. The Kier molecular flexibility index (Phi) is 4.98. The summed E-state index contributed by atoms with van der Waals surface area (Å²) in [5.74, 6) is 0.0691. The van der Waals surface area contributed by atoms with Crippen LogP contribution in [-0.2, 0) is 4.84 Å². The highest BCUT2D eigenvalue weighted by Crippen LogP contribution is 2.13. The van der Waals surface area contributed by atoms with E-state index in [0.29, 0.717) is 22.6 Å². The van der Waals surface area contributed by atoms with Gasteiger partial charge in [0.15, 0.2) is 0 Å². The molecule has 0 aromatic heterocycles. The molecule has 0 radical (unpaired) electrons. The number of hydrogen-bond acceptors (Lipinski definition) is 5. The van der Waals surface area contributed by atoms with Gasteiger partial charge in [0, 0.05) is 5.56 Å². The van der Waals surface area contributed by atoms with Crippen LogP contribution >= 0.6 is 0 Å². The molecule has 0 fully saturated rings. The lowest BCUT2D eigenvalue weighted by Gasteiger charge is -2.07. The van der Waals surface area contributed by atoms with Crippen LogP contribution in [0.15, 0.2) is 48.5 Å². The third-order valence-corrected chi connectivity index (χ3v) is 2.91. The summed E-state index contributed by atoms with van der Waals surface area (Å²) in [7, 11) is 3.06. The molecular formula is C16H15NO5. The van der Waals surface area contributed by atoms with Crippen LogP contribution < -0.4 is 15.0 Å². The van der Waals surface area contributed by atoms with Crippen LogP contribution in [0.5, 0.6) is 11.5 Å². The van der Waals surface area contributed by atoms with Crippen LogP contribution in [0.3, 0.4) is 0 Å². The molecule has 0 bridgehead atoms. The van der Waals surface area contributed by atoms with Gasteiger partial charge in [-0.3, -0.25) is 4.79 Å². The number of amides is 1. The van der Waals surface area contributed by atoms with Crippen molar-refractivity contribution in [2.75, 3.05) is 14.2 Å². The molecule has 0 spiro atoms. The van der Waals surface area contributed by atoms with Crippen molar-refractivity contribution in [3.8, 4) is 11.5 Å². The first kappa shape index (κ1) is 15.4. The first-order valence-corrected chi connectivity index (χ1v) is 6.43. The summed E-state index contributed by atoms with van der Waals surface area (Å²) < 4.78 is 9.99. The Hall–Kier alpha value is -3.02. The Morgan fingerprint density at radius 2 is 1.23 bits per heavy atom. The van der Waals surface area contributed by atoms with Crippen molar-refractivity contribution in [1.82, 2.24) is 5.48 Å². The van der Waals surface area contributed by atoms with Gasteiger partial charge in [-0.25, -0.2) is 4.79 Å². The van der Waals surface area contributed by atoms with E-state index in [9.17, 15) is 9.59 Å². The van der Waals surface area contributed by atoms with Crippen molar-refractivity contribution in [3.05, 3.63) is 59.7 Å². The zero-order chi connectivity index (χ0) is 15.9. The number of carbonyl (C=O) groups excluding carboxylic acids is 2. The Morgan fingerprint density at radius 1 is 0.773 bits per heavy atom. The van der Waals surface area contributed by atoms with Crippen molar-refractivity contribution in [3.63, 3.8) is 0 Å². The molecule has 2 rings (SSSR count). The summed E-state index contributed by atoms with van der Waals surface area (Å²) in [6, 6.07) is 12.7. The Balaban J connectivity index is 1.92. The normalized spacial score (nSPS) is 9.73. The highest BCUT2D eigenvalue weighted by atomic mass is 16.7. The average Bonchev–Trinajstić information content (AvgIpc) is 2.59. The quantitative estimate of drug-likeness (QED) is 0.876. The Morgan fingerprint density at radius 3 is 1.68 bits per heavy atom. The van der Waals surface area contributed by atoms with E-state index < -0.39 is 11.9 Å². The number of carbonyl (C=O) groups is 2. The molecular weight excluding hydrogens is 286 g/mol. The number of hydrogen-bond donors (Lipinski definition) is 1. The molecule has 0 aliphatic heterocycles. The van der Waals surface area contributed by atoms with E-state index in [1.54, 1.807) is 48.5 Å². The molecule has 0 atom stereocenters. The maximum Gasteiger partial charge on any atom is 0.362 e. The van der Waals surface area contributed by atoms with Gasteiger partial charge in [0.25, 0.3) is 5.91 Å². The lowest BCUT2D eigenvalue weighted by Crippen LogP contribution is -2.27. The topological polar surface area (TPSA) is 73.9 Å². The van der Waals surface area contributed by atoms with Crippen molar-refractivity contribution < 1.29 is 23.9 Å². The van der Waals surface area contributed by atoms with Crippen LogP contribution in [0.2, 0.25) is 0 Å². The summed E-state index contributed by atoms with van der Waals surface area (Å²) in [4.78, 5) is 28.4. The molecule has 114 valence electrons. The second kappa shape index (κ2) is 7.12. The fourth-order valence-electron chi connectivity index (χ4n) is 1.68. The SMILES string of the molecule is COc1ccc(C(=O)NOC(=O)c2ccc(OC)cc2)cc1. The predicted octanol–water partition coefficient (Wildman–Crippen LogP) is 2.21. The summed E-state index contributed by atoms with van der Waals surface area (Å²) in [6.45, 7) is 0. The molecule has 1 amide bonds. The highest BCUT2D eigenvalue weighted by Gasteiger charge is 2.11. The minimum absolute atomic E-state index is 0.302. The Bertz CT molecular complexity index is 590. The van der Waals surface area contributed by atoms with Crippen LogP contribution in [0.1, 0.15) is 20.7 Å². The van der Waals surface area contributed by atoms with Gasteiger partial charge in [0.1, 0.15) is 11.5 Å². The largest absolute Gasteiger partial charge is 0.497 e. The van der Waals surface area contributed by atoms with Crippen molar-refractivity contribution in [1.29, 1.82) is 0 Å². The first-order valence-electron chi connectivity index (χ1n) is 6.43. The van der Waals surface area contributed by atoms with E-state index in [4.69, 9.17) is 14.3 Å². The van der Waals surface area contributed by atoms with Crippen LogP contribution in [0.25, 0.3) is 0 Å². The van der Waals surface area contributed by atoms with E-state index in [0.717, 1.165) is 0 Å². The molecule has 2 aromatic carbocycles. The number of benzene rings is 2. The molecule has 0 heterocycles. The number of rotatable bonds is 4. The van der Waals surface area contributed by atoms with E-state index in [-0.39, 0.29) is 0 Å².